The van der Waals surface area contributed by atoms with Crippen LogP contribution in [0.1, 0.15) is 30.7 Å². The fraction of sp³-hybridized carbons (Fsp3) is 0.375. The molecule has 1 aliphatic heterocycles. The van der Waals surface area contributed by atoms with Crippen molar-refractivity contribution in [2.45, 2.75) is 31.7 Å². The van der Waals surface area contributed by atoms with E-state index >= 15 is 0 Å². The van der Waals surface area contributed by atoms with Crippen molar-refractivity contribution in [1.82, 2.24) is 19.4 Å². The third kappa shape index (κ3) is 3.96. The molecule has 1 aliphatic rings. The molecular formula is C24H26N4O3S. The van der Waals surface area contributed by atoms with E-state index < -0.39 is 0 Å². The number of hydrogen-bond acceptors (Lipinski definition) is 6. The number of hydrogen-bond donors (Lipinski definition) is 1. The van der Waals surface area contributed by atoms with Gasteiger partial charge in [-0.25, -0.2) is 9.78 Å². The minimum absolute atomic E-state index is 0.217. The van der Waals surface area contributed by atoms with Crippen LogP contribution in [0.15, 0.2) is 52.2 Å². The lowest BCUT2D eigenvalue weighted by molar-refractivity contribution is 0.321. The second-order valence-electron chi connectivity index (χ2n) is 8.32. The SMILES string of the molecule is COc1cccc([C@H]2CCN(CCCCn3c(=O)[nH]c4c(sc5ncccc54)c3=O)C2)c1. The molecule has 4 heterocycles. The van der Waals surface area contributed by atoms with E-state index in [1.54, 1.807) is 13.3 Å². The summed E-state index contributed by atoms with van der Waals surface area (Å²) in [7, 11) is 1.70. The minimum atomic E-state index is -0.342. The third-order valence-electron chi connectivity index (χ3n) is 6.33. The van der Waals surface area contributed by atoms with Gasteiger partial charge in [0.2, 0.25) is 0 Å². The van der Waals surface area contributed by atoms with Crippen molar-refractivity contribution < 1.29 is 4.74 Å². The van der Waals surface area contributed by atoms with Crippen LogP contribution in [0.3, 0.4) is 0 Å². The third-order valence-corrected chi connectivity index (χ3v) is 7.43. The average Bonchev–Trinajstić information content (AvgIpc) is 3.44. The number of unbranched alkanes of at least 4 members (excludes halogenated alkanes) is 1. The Bertz CT molecular complexity index is 1370. The van der Waals surface area contributed by atoms with Crippen molar-refractivity contribution in [2.75, 3.05) is 26.7 Å². The zero-order chi connectivity index (χ0) is 22.1. The molecule has 3 aromatic heterocycles. The maximum absolute atomic E-state index is 12.9. The number of nitrogens with zero attached hydrogens (tertiary/aromatic N) is 3. The lowest BCUT2D eigenvalue weighted by Crippen LogP contribution is -2.34. The van der Waals surface area contributed by atoms with Crippen LogP contribution in [-0.2, 0) is 6.54 Å². The van der Waals surface area contributed by atoms with Gasteiger partial charge in [0.05, 0.1) is 12.6 Å². The summed E-state index contributed by atoms with van der Waals surface area (Å²) in [5.74, 6) is 1.43. The Morgan fingerprint density at radius 1 is 1.19 bits per heavy atom. The number of aromatic nitrogens is 3. The van der Waals surface area contributed by atoms with Crippen molar-refractivity contribution in [1.29, 1.82) is 0 Å². The van der Waals surface area contributed by atoms with Crippen LogP contribution < -0.4 is 16.0 Å². The van der Waals surface area contributed by atoms with Gasteiger partial charge in [0.25, 0.3) is 5.56 Å². The zero-order valence-corrected chi connectivity index (χ0v) is 18.9. The van der Waals surface area contributed by atoms with E-state index in [0.717, 1.165) is 54.9 Å². The topological polar surface area (TPSA) is 80.2 Å². The van der Waals surface area contributed by atoms with Gasteiger partial charge < -0.3 is 14.6 Å². The number of methoxy groups -OCH3 is 1. The molecule has 1 saturated heterocycles. The van der Waals surface area contributed by atoms with E-state index in [0.29, 0.717) is 22.7 Å². The molecule has 0 spiro atoms. The number of fused-ring (bicyclic) bond motifs is 3. The first kappa shape index (κ1) is 20.9. The van der Waals surface area contributed by atoms with Crippen LogP contribution >= 0.6 is 11.3 Å². The molecule has 0 amide bonds. The molecule has 5 rings (SSSR count). The van der Waals surface area contributed by atoms with Crippen molar-refractivity contribution >= 4 is 31.8 Å². The molecule has 0 aliphatic carbocycles. The van der Waals surface area contributed by atoms with E-state index in [1.165, 1.54) is 21.5 Å². The number of pyridine rings is 1. The van der Waals surface area contributed by atoms with E-state index in [-0.39, 0.29) is 11.2 Å². The molecule has 0 unspecified atom stereocenters. The fourth-order valence-corrected chi connectivity index (χ4v) is 5.66. The number of rotatable bonds is 7. The minimum Gasteiger partial charge on any atom is -0.497 e. The van der Waals surface area contributed by atoms with Crippen LogP contribution in [0, 0.1) is 0 Å². The van der Waals surface area contributed by atoms with Crippen molar-refractivity contribution in [2.24, 2.45) is 0 Å². The van der Waals surface area contributed by atoms with Gasteiger partial charge in [-0.15, -0.1) is 11.3 Å². The van der Waals surface area contributed by atoms with Gasteiger partial charge in [0.15, 0.2) is 0 Å². The molecule has 0 saturated carbocycles. The van der Waals surface area contributed by atoms with Gasteiger partial charge in [-0.1, -0.05) is 12.1 Å². The Labute approximate surface area is 189 Å². The van der Waals surface area contributed by atoms with Crippen LogP contribution in [-0.4, -0.2) is 46.2 Å². The number of ether oxygens (including phenoxy) is 1. The number of H-pyrrole nitrogens is 1. The van der Waals surface area contributed by atoms with Crippen LogP contribution in [0.4, 0.5) is 0 Å². The smallest absolute Gasteiger partial charge is 0.328 e. The molecule has 1 aromatic carbocycles. The molecule has 1 fully saturated rings. The molecule has 1 N–H and O–H groups in total. The summed E-state index contributed by atoms with van der Waals surface area (Å²) in [6.07, 6.45) is 4.58. The molecule has 0 bridgehead atoms. The molecule has 32 heavy (non-hydrogen) atoms. The molecule has 0 radical (unpaired) electrons. The Morgan fingerprint density at radius 2 is 2.06 bits per heavy atom. The zero-order valence-electron chi connectivity index (χ0n) is 18.0. The summed E-state index contributed by atoms with van der Waals surface area (Å²) in [5, 5.41) is 0.827. The van der Waals surface area contributed by atoms with Gasteiger partial charge in [-0.05, 0) is 68.1 Å². The number of benzene rings is 1. The maximum Gasteiger partial charge on any atom is 0.328 e. The summed E-state index contributed by atoms with van der Waals surface area (Å²) in [4.78, 5) is 35.9. The quantitative estimate of drug-likeness (QED) is 0.436. The Balaban J connectivity index is 1.20. The first-order valence-electron chi connectivity index (χ1n) is 11.0. The molecule has 7 nitrogen and oxygen atoms in total. The number of likely N-dealkylation sites (tertiary alicyclic amines) is 1. The molecule has 166 valence electrons. The summed E-state index contributed by atoms with van der Waals surface area (Å²) >= 11 is 1.34. The Kier molecular flexibility index (Phi) is 5.80. The largest absolute Gasteiger partial charge is 0.497 e. The predicted molar refractivity (Wildman–Crippen MR) is 128 cm³/mol. The highest BCUT2D eigenvalue weighted by Crippen LogP contribution is 2.30. The number of thiophene rings is 1. The highest BCUT2D eigenvalue weighted by Gasteiger charge is 2.23. The summed E-state index contributed by atoms with van der Waals surface area (Å²) < 4.78 is 7.26. The average molecular weight is 451 g/mol. The van der Waals surface area contributed by atoms with Crippen molar-refractivity contribution in [3.05, 3.63) is 69.0 Å². The maximum atomic E-state index is 12.9. The normalized spacial score (nSPS) is 16.8. The highest BCUT2D eigenvalue weighted by atomic mass is 32.1. The van der Waals surface area contributed by atoms with E-state index in [1.807, 2.05) is 18.2 Å². The summed E-state index contributed by atoms with van der Waals surface area (Å²) in [6, 6.07) is 12.0. The summed E-state index contributed by atoms with van der Waals surface area (Å²) in [5.41, 5.74) is 1.37. The van der Waals surface area contributed by atoms with E-state index in [4.69, 9.17) is 4.74 Å². The van der Waals surface area contributed by atoms with E-state index in [9.17, 15) is 9.59 Å². The monoisotopic (exact) mass is 450 g/mol. The van der Waals surface area contributed by atoms with Crippen LogP contribution in [0.25, 0.3) is 20.4 Å². The van der Waals surface area contributed by atoms with Gasteiger partial charge in [0, 0.05) is 24.7 Å². The van der Waals surface area contributed by atoms with Crippen molar-refractivity contribution in [3.63, 3.8) is 0 Å². The van der Waals surface area contributed by atoms with Gasteiger partial charge in [0.1, 0.15) is 15.3 Å². The van der Waals surface area contributed by atoms with Gasteiger partial charge in [-0.3, -0.25) is 9.36 Å². The van der Waals surface area contributed by atoms with Crippen LogP contribution in [0.5, 0.6) is 5.75 Å². The first-order chi connectivity index (χ1) is 15.6. The lowest BCUT2D eigenvalue weighted by Gasteiger charge is -2.16. The Morgan fingerprint density at radius 3 is 2.94 bits per heavy atom. The second-order valence-corrected chi connectivity index (χ2v) is 9.32. The predicted octanol–water partition coefficient (Wildman–Crippen LogP) is 3.58. The van der Waals surface area contributed by atoms with Crippen LogP contribution in [0.2, 0.25) is 0 Å². The molecule has 4 aromatic rings. The fourth-order valence-electron chi connectivity index (χ4n) is 4.61. The van der Waals surface area contributed by atoms with Gasteiger partial charge >= 0.3 is 5.69 Å². The standard InChI is InChI=1S/C24H26N4O3S/c1-31-18-7-4-6-16(14-18)17-9-13-27(15-17)11-2-3-12-28-23(29)21-20(26-24(28)30)19-8-5-10-25-22(19)32-21/h4-8,10,14,17H,2-3,9,11-13,15H2,1H3,(H,26,30)/t17-/m0/s1. The second kappa shape index (κ2) is 8.88. The number of aromatic amines is 1. The molecule has 8 heteroatoms. The van der Waals surface area contributed by atoms with Gasteiger partial charge in [-0.2, -0.15) is 0 Å². The van der Waals surface area contributed by atoms with Crippen molar-refractivity contribution in [3.8, 4) is 5.75 Å². The Hall–Kier alpha value is -2.97. The first-order valence-corrected chi connectivity index (χ1v) is 11.8. The summed E-state index contributed by atoms with van der Waals surface area (Å²) in [6.45, 7) is 3.51. The molecular weight excluding hydrogens is 424 g/mol. The van der Waals surface area contributed by atoms with E-state index in [2.05, 4.69) is 33.1 Å². The lowest BCUT2D eigenvalue weighted by atomic mass is 9.98. The highest BCUT2D eigenvalue weighted by molar-refractivity contribution is 7.25. The molecule has 1 atom stereocenters. The number of nitrogens with one attached hydrogen (secondary N) is 1.